The van der Waals surface area contributed by atoms with Crippen molar-refractivity contribution in [3.8, 4) is 17.7 Å². The van der Waals surface area contributed by atoms with Crippen molar-refractivity contribution in [2.75, 3.05) is 7.05 Å². The molecule has 0 atom stereocenters. The van der Waals surface area contributed by atoms with Gasteiger partial charge in [-0.2, -0.15) is 10.2 Å². The van der Waals surface area contributed by atoms with Crippen LogP contribution < -0.4 is 15.6 Å². The largest absolute Gasteiger partial charge is 0.438 e. The first-order valence-electron chi connectivity index (χ1n) is 7.82. The molecule has 0 fully saturated rings. The molecule has 1 N–H and O–H groups in total. The van der Waals surface area contributed by atoms with Crippen LogP contribution in [0.25, 0.3) is 11.7 Å². The lowest BCUT2D eigenvalue weighted by Gasteiger charge is -2.10. The maximum absolute atomic E-state index is 12.9. The number of pyridine rings is 1. The fourth-order valence-corrected chi connectivity index (χ4v) is 2.59. The molecule has 0 bridgehead atoms. The van der Waals surface area contributed by atoms with Gasteiger partial charge >= 0.3 is 0 Å². The lowest BCUT2D eigenvalue weighted by atomic mass is 10.1. The molecule has 1 aromatic carbocycles. The molecular formula is C19H13BrN4O3. The van der Waals surface area contributed by atoms with Crippen molar-refractivity contribution in [2.45, 2.75) is 0 Å². The van der Waals surface area contributed by atoms with Crippen LogP contribution in [0, 0.1) is 11.3 Å². The summed E-state index contributed by atoms with van der Waals surface area (Å²) in [6.07, 6.45) is 2.74. The minimum atomic E-state index is -0.607. The zero-order valence-electron chi connectivity index (χ0n) is 14.1. The minimum absolute atomic E-state index is 0.00164. The van der Waals surface area contributed by atoms with E-state index >= 15 is 0 Å². The Kier molecular flexibility index (Phi) is 5.33. The SMILES string of the molecule is CNC(=O)/C(C#N)=C/c1c(Oc2ccc(Br)cc2)nc2ccccn2c1=O. The Hall–Kier alpha value is -3.44. The second-order valence-electron chi connectivity index (χ2n) is 5.37. The maximum atomic E-state index is 12.9. The van der Waals surface area contributed by atoms with Crippen LogP contribution in [0.3, 0.4) is 0 Å². The predicted octanol–water partition coefficient (Wildman–Crippen LogP) is 2.90. The number of halogens is 1. The summed E-state index contributed by atoms with van der Waals surface area (Å²) in [4.78, 5) is 29.1. The third kappa shape index (κ3) is 3.88. The number of carbonyl (C=O) groups is 1. The fourth-order valence-electron chi connectivity index (χ4n) is 2.33. The Morgan fingerprint density at radius 3 is 2.70 bits per heavy atom. The van der Waals surface area contributed by atoms with E-state index in [2.05, 4.69) is 26.2 Å². The van der Waals surface area contributed by atoms with E-state index in [0.29, 0.717) is 11.4 Å². The number of aromatic nitrogens is 2. The highest BCUT2D eigenvalue weighted by atomic mass is 79.9. The van der Waals surface area contributed by atoms with Crippen LogP contribution in [0.2, 0.25) is 0 Å². The van der Waals surface area contributed by atoms with Gasteiger partial charge in [0, 0.05) is 17.7 Å². The van der Waals surface area contributed by atoms with E-state index in [1.54, 1.807) is 54.7 Å². The molecule has 0 aliphatic heterocycles. The smallest absolute Gasteiger partial charge is 0.269 e. The van der Waals surface area contributed by atoms with Crippen LogP contribution in [0.1, 0.15) is 5.56 Å². The summed E-state index contributed by atoms with van der Waals surface area (Å²) in [5, 5.41) is 11.6. The third-order valence-corrected chi connectivity index (χ3v) is 4.17. The number of benzene rings is 1. The summed E-state index contributed by atoms with van der Waals surface area (Å²) in [5.74, 6) is -0.145. The van der Waals surface area contributed by atoms with Crippen LogP contribution in [0.4, 0.5) is 0 Å². The Labute approximate surface area is 162 Å². The molecule has 8 heteroatoms. The van der Waals surface area contributed by atoms with Crippen LogP contribution in [0.5, 0.6) is 11.6 Å². The van der Waals surface area contributed by atoms with Crippen molar-refractivity contribution in [1.29, 1.82) is 5.26 Å². The monoisotopic (exact) mass is 424 g/mol. The molecule has 134 valence electrons. The first kappa shape index (κ1) is 18.4. The minimum Gasteiger partial charge on any atom is -0.438 e. The number of hydrogen-bond acceptors (Lipinski definition) is 5. The van der Waals surface area contributed by atoms with Gasteiger partial charge in [-0.05, 0) is 42.5 Å². The second-order valence-corrected chi connectivity index (χ2v) is 6.29. The summed E-state index contributed by atoms with van der Waals surface area (Å²) in [7, 11) is 1.40. The van der Waals surface area contributed by atoms with Crippen LogP contribution in [-0.4, -0.2) is 22.3 Å². The summed E-state index contributed by atoms with van der Waals surface area (Å²) >= 11 is 3.34. The summed E-state index contributed by atoms with van der Waals surface area (Å²) in [6, 6.07) is 13.8. The Balaban J connectivity index is 2.22. The van der Waals surface area contributed by atoms with Gasteiger partial charge in [0.15, 0.2) is 0 Å². The average Bonchev–Trinajstić information content (AvgIpc) is 2.69. The van der Waals surface area contributed by atoms with Gasteiger partial charge in [-0.3, -0.25) is 14.0 Å². The van der Waals surface area contributed by atoms with Crippen molar-refractivity contribution in [3.05, 3.63) is 74.6 Å². The highest BCUT2D eigenvalue weighted by molar-refractivity contribution is 9.10. The molecule has 3 rings (SSSR count). The Bertz CT molecular complexity index is 1140. The van der Waals surface area contributed by atoms with Gasteiger partial charge in [0.25, 0.3) is 11.5 Å². The number of nitrogens with zero attached hydrogens (tertiary/aromatic N) is 3. The number of likely N-dealkylation sites (N-methyl/N-ethyl adjacent to an activating group) is 1. The number of hydrogen-bond donors (Lipinski definition) is 1. The molecule has 0 saturated carbocycles. The van der Waals surface area contributed by atoms with E-state index in [1.807, 2.05) is 0 Å². The number of carbonyl (C=O) groups excluding carboxylic acids is 1. The van der Waals surface area contributed by atoms with Gasteiger partial charge < -0.3 is 10.1 Å². The number of rotatable bonds is 4. The van der Waals surface area contributed by atoms with Crippen LogP contribution in [-0.2, 0) is 4.79 Å². The van der Waals surface area contributed by atoms with E-state index in [0.717, 1.165) is 4.47 Å². The van der Waals surface area contributed by atoms with Gasteiger partial charge in [-0.15, -0.1) is 0 Å². The number of ether oxygens (including phenoxy) is 1. The lowest BCUT2D eigenvalue weighted by Crippen LogP contribution is -2.22. The first-order chi connectivity index (χ1) is 13.0. The van der Waals surface area contributed by atoms with Crippen molar-refractivity contribution in [3.63, 3.8) is 0 Å². The van der Waals surface area contributed by atoms with Gasteiger partial charge in [0.1, 0.15) is 28.6 Å². The first-order valence-corrected chi connectivity index (χ1v) is 8.61. The van der Waals surface area contributed by atoms with Gasteiger partial charge in [-0.25, -0.2) is 0 Å². The molecule has 0 aliphatic rings. The topological polar surface area (TPSA) is 96.5 Å². The standard InChI is InChI=1S/C19H13BrN4O3/c1-22-17(25)12(11-21)10-15-18(27-14-7-5-13(20)6-8-14)23-16-4-2-3-9-24(16)19(15)26/h2-10H,1H3,(H,22,25)/b12-10+. The molecule has 0 unspecified atom stereocenters. The van der Waals surface area contributed by atoms with Gasteiger partial charge in [0.05, 0.1) is 0 Å². The normalized spacial score (nSPS) is 11.1. The third-order valence-electron chi connectivity index (χ3n) is 3.64. The number of nitrogens with one attached hydrogen (secondary N) is 1. The lowest BCUT2D eigenvalue weighted by molar-refractivity contribution is -0.116. The summed E-state index contributed by atoms with van der Waals surface area (Å²) < 4.78 is 7.97. The Morgan fingerprint density at radius 2 is 2.04 bits per heavy atom. The highest BCUT2D eigenvalue weighted by Crippen LogP contribution is 2.25. The van der Waals surface area contributed by atoms with Gasteiger partial charge in [-0.1, -0.05) is 22.0 Å². The molecule has 0 radical (unpaired) electrons. The maximum Gasteiger partial charge on any atom is 0.269 e. The predicted molar refractivity (Wildman–Crippen MR) is 103 cm³/mol. The van der Waals surface area contributed by atoms with E-state index in [1.165, 1.54) is 17.5 Å². The van der Waals surface area contributed by atoms with E-state index in [4.69, 9.17) is 4.74 Å². The summed E-state index contributed by atoms with van der Waals surface area (Å²) in [5.41, 5.74) is -0.302. The van der Waals surface area contributed by atoms with Crippen molar-refractivity contribution >= 4 is 33.6 Å². The van der Waals surface area contributed by atoms with Crippen molar-refractivity contribution in [2.24, 2.45) is 0 Å². The van der Waals surface area contributed by atoms with Gasteiger partial charge in [0.2, 0.25) is 5.88 Å². The number of amides is 1. The molecule has 1 amide bonds. The molecular weight excluding hydrogens is 412 g/mol. The van der Waals surface area contributed by atoms with E-state index in [-0.39, 0.29) is 17.0 Å². The van der Waals surface area contributed by atoms with E-state index < -0.39 is 11.5 Å². The van der Waals surface area contributed by atoms with Crippen LogP contribution >= 0.6 is 15.9 Å². The summed E-state index contributed by atoms with van der Waals surface area (Å²) in [6.45, 7) is 0. The van der Waals surface area contributed by atoms with Crippen molar-refractivity contribution < 1.29 is 9.53 Å². The molecule has 0 aliphatic carbocycles. The molecule has 2 heterocycles. The van der Waals surface area contributed by atoms with E-state index in [9.17, 15) is 14.9 Å². The molecule has 0 spiro atoms. The average molecular weight is 425 g/mol. The molecule has 0 saturated heterocycles. The molecule has 3 aromatic rings. The van der Waals surface area contributed by atoms with Crippen molar-refractivity contribution in [1.82, 2.24) is 14.7 Å². The number of nitriles is 1. The molecule has 27 heavy (non-hydrogen) atoms. The highest BCUT2D eigenvalue weighted by Gasteiger charge is 2.16. The quantitative estimate of drug-likeness (QED) is 0.512. The zero-order valence-corrected chi connectivity index (χ0v) is 15.7. The zero-order chi connectivity index (χ0) is 19.4. The molecule has 2 aromatic heterocycles. The number of fused-ring (bicyclic) bond motifs is 1. The molecule has 7 nitrogen and oxygen atoms in total. The fraction of sp³-hybridized carbons (Fsp3) is 0.0526. The van der Waals surface area contributed by atoms with Crippen LogP contribution in [0.15, 0.2) is 63.5 Å². The second kappa shape index (κ2) is 7.85. The Morgan fingerprint density at radius 1 is 1.30 bits per heavy atom.